The van der Waals surface area contributed by atoms with Crippen molar-refractivity contribution in [2.75, 3.05) is 14.2 Å². The van der Waals surface area contributed by atoms with Gasteiger partial charge in [0.1, 0.15) is 5.75 Å². The van der Waals surface area contributed by atoms with Crippen LogP contribution in [0.15, 0.2) is 24.3 Å². The SMILES string of the molecule is COC(=O)N[C@@H](C)c1ccc(OC)cc1. The second-order valence-corrected chi connectivity index (χ2v) is 3.13. The Morgan fingerprint density at radius 1 is 1.27 bits per heavy atom. The van der Waals surface area contributed by atoms with Gasteiger partial charge in [0.25, 0.3) is 0 Å². The molecule has 0 heterocycles. The number of carbonyl (C=O) groups excluding carboxylic acids is 1. The Morgan fingerprint density at radius 2 is 1.87 bits per heavy atom. The van der Waals surface area contributed by atoms with E-state index in [9.17, 15) is 4.79 Å². The molecule has 1 amide bonds. The van der Waals surface area contributed by atoms with Gasteiger partial charge in [0.2, 0.25) is 0 Å². The maximum absolute atomic E-state index is 11.0. The number of alkyl carbamates (subject to hydrolysis) is 1. The van der Waals surface area contributed by atoms with Gasteiger partial charge in [0, 0.05) is 0 Å². The number of hydrogen-bond donors (Lipinski definition) is 1. The lowest BCUT2D eigenvalue weighted by molar-refractivity contribution is 0.167. The monoisotopic (exact) mass is 209 g/mol. The number of nitrogens with one attached hydrogen (secondary N) is 1. The molecule has 1 rings (SSSR count). The van der Waals surface area contributed by atoms with Gasteiger partial charge in [-0.3, -0.25) is 0 Å². The van der Waals surface area contributed by atoms with Crippen molar-refractivity contribution >= 4 is 6.09 Å². The summed E-state index contributed by atoms with van der Waals surface area (Å²) in [6.07, 6.45) is -0.432. The molecular formula is C11H15NO3. The van der Waals surface area contributed by atoms with Gasteiger partial charge in [-0.25, -0.2) is 4.79 Å². The summed E-state index contributed by atoms with van der Waals surface area (Å²) in [7, 11) is 2.96. The molecule has 0 saturated carbocycles. The highest BCUT2D eigenvalue weighted by molar-refractivity contribution is 5.67. The minimum absolute atomic E-state index is 0.0802. The third-order valence-electron chi connectivity index (χ3n) is 2.14. The highest BCUT2D eigenvalue weighted by atomic mass is 16.5. The van der Waals surface area contributed by atoms with Gasteiger partial charge in [0.05, 0.1) is 20.3 Å². The molecule has 0 aromatic heterocycles. The summed E-state index contributed by atoms with van der Waals surface area (Å²) in [5.74, 6) is 0.795. The van der Waals surface area contributed by atoms with Crippen molar-refractivity contribution in [3.05, 3.63) is 29.8 Å². The predicted octanol–water partition coefficient (Wildman–Crippen LogP) is 2.11. The maximum atomic E-state index is 11.0. The van der Waals surface area contributed by atoms with Crippen molar-refractivity contribution in [3.8, 4) is 5.75 Å². The Morgan fingerprint density at radius 3 is 2.33 bits per heavy atom. The zero-order chi connectivity index (χ0) is 11.3. The second kappa shape index (κ2) is 5.24. The van der Waals surface area contributed by atoms with Crippen LogP contribution in [0.2, 0.25) is 0 Å². The molecule has 1 aromatic carbocycles. The minimum Gasteiger partial charge on any atom is -0.497 e. The Kier molecular flexibility index (Phi) is 3.97. The Balaban J connectivity index is 2.65. The number of carbonyl (C=O) groups is 1. The van der Waals surface area contributed by atoms with Gasteiger partial charge in [-0.15, -0.1) is 0 Å². The first-order valence-corrected chi connectivity index (χ1v) is 4.65. The van der Waals surface area contributed by atoms with Gasteiger partial charge in [-0.1, -0.05) is 12.1 Å². The van der Waals surface area contributed by atoms with Gasteiger partial charge in [-0.05, 0) is 24.6 Å². The first-order valence-electron chi connectivity index (χ1n) is 4.65. The van der Waals surface area contributed by atoms with E-state index in [2.05, 4.69) is 10.1 Å². The summed E-state index contributed by atoms with van der Waals surface area (Å²) in [6.45, 7) is 1.89. The van der Waals surface area contributed by atoms with E-state index in [1.807, 2.05) is 31.2 Å². The minimum atomic E-state index is -0.432. The molecule has 4 heteroatoms. The van der Waals surface area contributed by atoms with Crippen molar-refractivity contribution < 1.29 is 14.3 Å². The Bertz CT molecular complexity index is 321. The molecule has 0 radical (unpaired) electrons. The van der Waals surface area contributed by atoms with Crippen LogP contribution < -0.4 is 10.1 Å². The lowest BCUT2D eigenvalue weighted by Crippen LogP contribution is -2.26. The molecule has 0 saturated heterocycles. The van der Waals surface area contributed by atoms with Crippen LogP contribution in [0.3, 0.4) is 0 Å². The van der Waals surface area contributed by atoms with E-state index in [0.29, 0.717) is 0 Å². The first kappa shape index (κ1) is 11.4. The molecule has 0 unspecified atom stereocenters. The fourth-order valence-corrected chi connectivity index (χ4v) is 1.21. The fraction of sp³-hybridized carbons (Fsp3) is 0.364. The van der Waals surface area contributed by atoms with Crippen molar-refractivity contribution in [1.29, 1.82) is 0 Å². The fourth-order valence-electron chi connectivity index (χ4n) is 1.21. The summed E-state index contributed by atoms with van der Waals surface area (Å²) < 4.78 is 9.55. The van der Waals surface area contributed by atoms with Crippen LogP contribution in [0.25, 0.3) is 0 Å². The molecule has 0 spiro atoms. The normalized spacial score (nSPS) is 11.7. The van der Waals surface area contributed by atoms with E-state index in [1.54, 1.807) is 7.11 Å². The van der Waals surface area contributed by atoms with Crippen LogP contribution in [0.5, 0.6) is 5.75 Å². The molecule has 15 heavy (non-hydrogen) atoms. The van der Waals surface area contributed by atoms with Gasteiger partial charge in [-0.2, -0.15) is 0 Å². The third-order valence-corrected chi connectivity index (χ3v) is 2.14. The van der Waals surface area contributed by atoms with Gasteiger partial charge < -0.3 is 14.8 Å². The molecule has 0 aliphatic rings. The standard InChI is InChI=1S/C11H15NO3/c1-8(12-11(13)15-3)9-4-6-10(14-2)7-5-9/h4-8H,1-3H3,(H,12,13)/t8-/m0/s1. The molecule has 0 bridgehead atoms. The maximum Gasteiger partial charge on any atom is 0.407 e. The average Bonchev–Trinajstić information content (AvgIpc) is 2.29. The third kappa shape index (κ3) is 3.16. The zero-order valence-corrected chi connectivity index (χ0v) is 9.11. The van der Waals surface area contributed by atoms with Gasteiger partial charge in [0.15, 0.2) is 0 Å². The molecule has 0 aliphatic carbocycles. The highest BCUT2D eigenvalue weighted by Crippen LogP contribution is 2.17. The van der Waals surface area contributed by atoms with E-state index in [0.717, 1.165) is 11.3 Å². The topological polar surface area (TPSA) is 47.6 Å². The second-order valence-electron chi connectivity index (χ2n) is 3.13. The van der Waals surface area contributed by atoms with Crippen LogP contribution in [0.4, 0.5) is 4.79 Å². The van der Waals surface area contributed by atoms with Crippen LogP contribution in [0.1, 0.15) is 18.5 Å². The number of amides is 1. The number of hydrogen-bond acceptors (Lipinski definition) is 3. The summed E-state index contributed by atoms with van der Waals surface area (Å²) in [5.41, 5.74) is 1.00. The Hall–Kier alpha value is -1.71. The molecule has 0 fully saturated rings. The predicted molar refractivity (Wildman–Crippen MR) is 56.9 cm³/mol. The Labute approximate surface area is 89.2 Å². The molecular weight excluding hydrogens is 194 g/mol. The van der Waals surface area contributed by atoms with E-state index < -0.39 is 6.09 Å². The zero-order valence-electron chi connectivity index (χ0n) is 9.11. The highest BCUT2D eigenvalue weighted by Gasteiger charge is 2.08. The molecule has 0 aliphatic heterocycles. The van der Waals surface area contributed by atoms with E-state index in [-0.39, 0.29) is 6.04 Å². The van der Waals surface area contributed by atoms with Crippen molar-refractivity contribution in [2.45, 2.75) is 13.0 Å². The quantitative estimate of drug-likeness (QED) is 0.829. The molecule has 1 atom stereocenters. The largest absolute Gasteiger partial charge is 0.497 e. The van der Waals surface area contributed by atoms with Crippen molar-refractivity contribution in [2.24, 2.45) is 0 Å². The lowest BCUT2D eigenvalue weighted by Gasteiger charge is -2.13. The van der Waals surface area contributed by atoms with Crippen molar-refractivity contribution in [3.63, 3.8) is 0 Å². The van der Waals surface area contributed by atoms with Gasteiger partial charge >= 0.3 is 6.09 Å². The van der Waals surface area contributed by atoms with Crippen molar-refractivity contribution in [1.82, 2.24) is 5.32 Å². The number of methoxy groups -OCH3 is 2. The molecule has 1 N–H and O–H groups in total. The summed E-state index contributed by atoms with van der Waals surface area (Å²) in [6, 6.07) is 7.43. The first-order chi connectivity index (χ1) is 7.17. The van der Waals surface area contributed by atoms with Crippen LogP contribution in [-0.4, -0.2) is 20.3 Å². The number of rotatable bonds is 3. The molecule has 82 valence electrons. The number of benzene rings is 1. The average molecular weight is 209 g/mol. The summed E-state index contributed by atoms with van der Waals surface area (Å²) in [5, 5.41) is 2.68. The lowest BCUT2D eigenvalue weighted by atomic mass is 10.1. The van der Waals surface area contributed by atoms with E-state index >= 15 is 0 Å². The van der Waals surface area contributed by atoms with E-state index in [4.69, 9.17) is 4.74 Å². The smallest absolute Gasteiger partial charge is 0.407 e. The summed E-state index contributed by atoms with van der Waals surface area (Å²) >= 11 is 0. The molecule has 1 aromatic rings. The summed E-state index contributed by atoms with van der Waals surface area (Å²) in [4.78, 5) is 11.0. The van der Waals surface area contributed by atoms with E-state index in [1.165, 1.54) is 7.11 Å². The van der Waals surface area contributed by atoms with Crippen LogP contribution >= 0.6 is 0 Å². The number of ether oxygens (including phenoxy) is 2. The van der Waals surface area contributed by atoms with Crippen LogP contribution in [0, 0.1) is 0 Å². The van der Waals surface area contributed by atoms with Crippen LogP contribution in [-0.2, 0) is 4.74 Å². The molecule has 4 nitrogen and oxygen atoms in total.